The minimum Gasteiger partial charge on any atom is -0.455 e. The molecule has 0 fully saturated rings. The molecule has 1 aliphatic rings. The summed E-state index contributed by atoms with van der Waals surface area (Å²) < 4.78 is 5.83. The Labute approximate surface area is 165 Å². The number of oxime groups is 1. The second-order valence-corrected chi connectivity index (χ2v) is 8.34. The van der Waals surface area contributed by atoms with E-state index in [1.807, 2.05) is 13.8 Å². The van der Waals surface area contributed by atoms with Gasteiger partial charge in [0.05, 0.1) is 26.5 Å². The van der Waals surface area contributed by atoms with Crippen molar-refractivity contribution in [1.82, 2.24) is 0 Å². The predicted octanol–water partition coefficient (Wildman–Crippen LogP) is 5.95. The fraction of sp³-hybridized carbons (Fsp3) is 0.333. The number of benzene rings is 1. The summed E-state index contributed by atoms with van der Waals surface area (Å²) in [7, 11) is 0. The molecule has 0 saturated carbocycles. The van der Waals surface area contributed by atoms with Crippen molar-refractivity contribution in [2.24, 2.45) is 10.6 Å². The summed E-state index contributed by atoms with van der Waals surface area (Å²) in [5.41, 5.74) is 2.04. The lowest BCUT2D eigenvalue weighted by Crippen LogP contribution is -2.27. The zero-order valence-corrected chi connectivity index (χ0v) is 16.7. The van der Waals surface area contributed by atoms with E-state index in [0.29, 0.717) is 46.2 Å². The van der Waals surface area contributed by atoms with E-state index in [1.165, 1.54) is 12.1 Å². The Hall–Kier alpha value is -1.69. The number of amides is 1. The topological polar surface area (TPSA) is 74.8 Å². The van der Waals surface area contributed by atoms with Crippen LogP contribution < -0.4 is 5.32 Å². The first-order chi connectivity index (χ1) is 12.1. The standard InChI is InChI=1S/C18H17Cl3N2O3/c1-8-15-13(23-25)6-18(2,3)7-14(15)26-16(8)17(24)22-12-5-10(20)9(19)4-11(12)21/h4-5,25H,6-7H2,1-3H3,(H,22,24)/b23-13-. The Bertz CT molecular complexity index is 932. The molecule has 2 aromatic rings. The number of carbonyl (C=O) groups is 1. The molecule has 138 valence electrons. The molecule has 5 nitrogen and oxygen atoms in total. The summed E-state index contributed by atoms with van der Waals surface area (Å²) in [5, 5.41) is 16.3. The average Bonchev–Trinajstić information content (AvgIpc) is 2.87. The van der Waals surface area contributed by atoms with Crippen molar-refractivity contribution in [3.05, 3.63) is 49.8 Å². The van der Waals surface area contributed by atoms with Gasteiger partial charge in [-0.05, 0) is 30.9 Å². The summed E-state index contributed by atoms with van der Waals surface area (Å²) in [6, 6.07) is 2.94. The average molecular weight is 416 g/mol. The van der Waals surface area contributed by atoms with Crippen LogP contribution in [0.15, 0.2) is 21.7 Å². The van der Waals surface area contributed by atoms with Crippen LogP contribution in [-0.2, 0) is 6.42 Å². The maximum Gasteiger partial charge on any atom is 0.291 e. The van der Waals surface area contributed by atoms with Gasteiger partial charge in [-0.1, -0.05) is 53.8 Å². The highest BCUT2D eigenvalue weighted by Gasteiger charge is 2.36. The first-order valence-corrected chi connectivity index (χ1v) is 9.06. The largest absolute Gasteiger partial charge is 0.455 e. The van der Waals surface area contributed by atoms with Crippen molar-refractivity contribution in [3.8, 4) is 0 Å². The van der Waals surface area contributed by atoms with Gasteiger partial charge in [0.2, 0.25) is 0 Å². The van der Waals surface area contributed by atoms with Crippen LogP contribution in [0.4, 0.5) is 5.69 Å². The number of rotatable bonds is 2. The lowest BCUT2D eigenvalue weighted by molar-refractivity contribution is 0.0993. The molecule has 1 aromatic heterocycles. The minimum atomic E-state index is -0.465. The van der Waals surface area contributed by atoms with Gasteiger partial charge >= 0.3 is 0 Å². The molecule has 8 heteroatoms. The van der Waals surface area contributed by atoms with Crippen LogP contribution in [-0.4, -0.2) is 16.8 Å². The summed E-state index contributed by atoms with van der Waals surface area (Å²) in [6.07, 6.45) is 1.24. The van der Waals surface area contributed by atoms with E-state index in [4.69, 9.17) is 39.2 Å². The summed E-state index contributed by atoms with van der Waals surface area (Å²) in [5.74, 6) is 0.320. The molecule has 1 heterocycles. The summed E-state index contributed by atoms with van der Waals surface area (Å²) in [4.78, 5) is 12.7. The van der Waals surface area contributed by atoms with Crippen LogP contribution in [0.3, 0.4) is 0 Å². The van der Waals surface area contributed by atoms with Gasteiger partial charge in [0, 0.05) is 17.5 Å². The SMILES string of the molecule is Cc1c(C(=O)Nc2cc(Cl)c(Cl)cc2Cl)oc2c1/C(=N\O)CC(C)(C)C2. The highest BCUT2D eigenvalue weighted by molar-refractivity contribution is 6.44. The highest BCUT2D eigenvalue weighted by atomic mass is 35.5. The first-order valence-electron chi connectivity index (χ1n) is 7.92. The minimum absolute atomic E-state index is 0.125. The lowest BCUT2D eigenvalue weighted by Gasteiger charge is -2.28. The lowest BCUT2D eigenvalue weighted by atomic mass is 9.75. The van der Waals surface area contributed by atoms with E-state index in [9.17, 15) is 10.0 Å². The van der Waals surface area contributed by atoms with Gasteiger partial charge in [-0.15, -0.1) is 0 Å². The third kappa shape index (κ3) is 3.43. The Morgan fingerprint density at radius 3 is 2.50 bits per heavy atom. The van der Waals surface area contributed by atoms with E-state index in [-0.39, 0.29) is 21.2 Å². The van der Waals surface area contributed by atoms with Crippen molar-refractivity contribution in [2.75, 3.05) is 5.32 Å². The third-order valence-electron chi connectivity index (χ3n) is 4.38. The Morgan fingerprint density at radius 2 is 1.85 bits per heavy atom. The second kappa shape index (κ2) is 6.80. The fourth-order valence-electron chi connectivity index (χ4n) is 3.21. The quantitative estimate of drug-likeness (QED) is 0.361. The Morgan fingerprint density at radius 1 is 1.19 bits per heavy atom. The van der Waals surface area contributed by atoms with Crippen LogP contribution in [0.1, 0.15) is 47.7 Å². The van der Waals surface area contributed by atoms with Gasteiger partial charge in [-0.25, -0.2) is 0 Å². The van der Waals surface area contributed by atoms with Crippen LogP contribution in [0.5, 0.6) is 0 Å². The van der Waals surface area contributed by atoms with Crippen molar-refractivity contribution in [2.45, 2.75) is 33.6 Å². The molecule has 0 aliphatic heterocycles. The number of nitrogens with one attached hydrogen (secondary N) is 1. The molecule has 0 saturated heterocycles. The van der Waals surface area contributed by atoms with Crippen molar-refractivity contribution in [3.63, 3.8) is 0 Å². The molecule has 2 N–H and O–H groups in total. The fourth-order valence-corrected chi connectivity index (χ4v) is 3.81. The van der Waals surface area contributed by atoms with Crippen molar-refractivity contribution >= 4 is 52.1 Å². The van der Waals surface area contributed by atoms with Gasteiger partial charge in [-0.2, -0.15) is 0 Å². The van der Waals surface area contributed by atoms with E-state index in [1.54, 1.807) is 6.92 Å². The van der Waals surface area contributed by atoms with E-state index in [0.717, 1.165) is 0 Å². The van der Waals surface area contributed by atoms with E-state index in [2.05, 4.69) is 10.5 Å². The molecule has 1 aromatic carbocycles. The van der Waals surface area contributed by atoms with Crippen molar-refractivity contribution in [1.29, 1.82) is 0 Å². The summed E-state index contributed by atoms with van der Waals surface area (Å²) >= 11 is 18.0. The van der Waals surface area contributed by atoms with Crippen LogP contribution in [0.25, 0.3) is 0 Å². The molecule has 0 atom stereocenters. The molecule has 0 radical (unpaired) electrons. The van der Waals surface area contributed by atoms with Gasteiger partial charge in [0.1, 0.15) is 5.76 Å². The van der Waals surface area contributed by atoms with E-state index >= 15 is 0 Å². The van der Waals surface area contributed by atoms with E-state index < -0.39 is 5.91 Å². The maximum absolute atomic E-state index is 12.7. The van der Waals surface area contributed by atoms with Crippen LogP contribution in [0.2, 0.25) is 15.1 Å². The maximum atomic E-state index is 12.7. The molecule has 1 amide bonds. The molecule has 3 rings (SSSR count). The number of furan rings is 1. The van der Waals surface area contributed by atoms with Gasteiger partial charge in [-0.3, -0.25) is 4.79 Å². The second-order valence-electron chi connectivity index (χ2n) is 7.12. The predicted molar refractivity (Wildman–Crippen MR) is 103 cm³/mol. The zero-order valence-electron chi connectivity index (χ0n) is 14.4. The number of anilines is 1. The number of hydrogen-bond acceptors (Lipinski definition) is 4. The smallest absolute Gasteiger partial charge is 0.291 e. The van der Waals surface area contributed by atoms with Gasteiger partial charge in [0.15, 0.2) is 5.76 Å². The molecule has 26 heavy (non-hydrogen) atoms. The zero-order chi connectivity index (χ0) is 19.2. The number of hydrogen-bond donors (Lipinski definition) is 2. The molecule has 0 unspecified atom stereocenters. The normalized spacial score (nSPS) is 17.2. The Kier molecular flexibility index (Phi) is 4.99. The molecule has 1 aliphatic carbocycles. The number of nitrogens with zero attached hydrogens (tertiary/aromatic N) is 1. The monoisotopic (exact) mass is 414 g/mol. The van der Waals surface area contributed by atoms with Crippen molar-refractivity contribution < 1.29 is 14.4 Å². The third-order valence-corrected chi connectivity index (χ3v) is 5.41. The first kappa shape index (κ1) is 19.1. The molecular weight excluding hydrogens is 399 g/mol. The van der Waals surface area contributed by atoms with Gasteiger partial charge < -0.3 is 14.9 Å². The summed E-state index contributed by atoms with van der Waals surface area (Å²) in [6.45, 7) is 5.86. The van der Waals surface area contributed by atoms with Gasteiger partial charge in [0.25, 0.3) is 5.91 Å². The van der Waals surface area contributed by atoms with Crippen LogP contribution >= 0.6 is 34.8 Å². The molecule has 0 bridgehead atoms. The Balaban J connectivity index is 1.98. The van der Waals surface area contributed by atoms with Crippen LogP contribution in [0, 0.1) is 12.3 Å². The number of halogens is 3. The molecular formula is C18H17Cl3N2O3. The molecule has 0 spiro atoms. The number of fused-ring (bicyclic) bond motifs is 1. The highest BCUT2D eigenvalue weighted by Crippen LogP contribution is 2.39. The number of carbonyl (C=O) groups excluding carboxylic acids is 1.